The number of sulfone groups is 1. The van der Waals surface area contributed by atoms with Crippen molar-refractivity contribution < 1.29 is 13.2 Å². The van der Waals surface area contributed by atoms with Crippen LogP contribution in [0.4, 0.5) is 5.69 Å². The van der Waals surface area contributed by atoms with Crippen molar-refractivity contribution in [1.29, 1.82) is 0 Å². The molecule has 0 bridgehead atoms. The normalized spacial score (nSPS) is 22.9. The second-order valence-electron chi connectivity index (χ2n) is 3.98. The number of ether oxygens (including phenoxy) is 1. The zero-order valence-corrected chi connectivity index (χ0v) is 9.96. The Morgan fingerprint density at radius 1 is 1.44 bits per heavy atom. The van der Waals surface area contributed by atoms with Gasteiger partial charge in [-0.1, -0.05) is 6.07 Å². The Morgan fingerprint density at radius 3 is 2.88 bits per heavy atom. The number of hydrogen-bond donors (Lipinski definition) is 1. The molecule has 1 aromatic rings. The molecule has 0 aliphatic carbocycles. The Bertz CT molecular complexity index is 470. The molecule has 1 heterocycles. The predicted octanol–water partition coefficient (Wildman–Crippen LogP) is 1.29. The van der Waals surface area contributed by atoms with Gasteiger partial charge in [0.05, 0.1) is 18.6 Å². The van der Waals surface area contributed by atoms with Crippen molar-refractivity contribution in [3.8, 4) is 5.75 Å². The van der Waals surface area contributed by atoms with Crippen molar-refractivity contribution in [2.45, 2.75) is 12.5 Å². The van der Waals surface area contributed by atoms with Crippen LogP contribution in [-0.2, 0) is 9.84 Å². The number of hydrogen-bond acceptors (Lipinski definition) is 4. The quantitative estimate of drug-likeness (QED) is 0.866. The lowest BCUT2D eigenvalue weighted by molar-refractivity contribution is 0.415. The fourth-order valence-corrected chi connectivity index (χ4v) is 3.53. The monoisotopic (exact) mass is 241 g/mol. The van der Waals surface area contributed by atoms with E-state index >= 15 is 0 Å². The lowest BCUT2D eigenvalue weighted by Crippen LogP contribution is -2.20. The minimum Gasteiger partial charge on any atom is -0.497 e. The van der Waals surface area contributed by atoms with E-state index in [-0.39, 0.29) is 17.5 Å². The first kappa shape index (κ1) is 11.3. The fraction of sp³-hybridized carbons (Fsp3) is 0.455. The van der Waals surface area contributed by atoms with E-state index in [1.54, 1.807) is 7.11 Å². The van der Waals surface area contributed by atoms with Gasteiger partial charge in [0.15, 0.2) is 9.84 Å². The molecular weight excluding hydrogens is 226 g/mol. The van der Waals surface area contributed by atoms with Gasteiger partial charge in [-0.15, -0.1) is 0 Å². The summed E-state index contributed by atoms with van der Waals surface area (Å²) in [7, 11) is -1.21. The van der Waals surface area contributed by atoms with E-state index in [1.807, 2.05) is 24.3 Å². The molecule has 0 saturated carbocycles. The van der Waals surface area contributed by atoms with Crippen LogP contribution in [0.5, 0.6) is 5.75 Å². The highest BCUT2D eigenvalue weighted by molar-refractivity contribution is 7.91. The maximum Gasteiger partial charge on any atom is 0.152 e. The molecule has 16 heavy (non-hydrogen) atoms. The van der Waals surface area contributed by atoms with Crippen LogP contribution in [0.1, 0.15) is 6.42 Å². The molecule has 0 aromatic heterocycles. The van der Waals surface area contributed by atoms with E-state index in [1.165, 1.54) is 0 Å². The second kappa shape index (κ2) is 4.33. The Balaban J connectivity index is 2.04. The molecule has 0 spiro atoms. The summed E-state index contributed by atoms with van der Waals surface area (Å²) in [6.07, 6.45) is 0.680. The van der Waals surface area contributed by atoms with Crippen molar-refractivity contribution in [3.05, 3.63) is 24.3 Å². The largest absolute Gasteiger partial charge is 0.497 e. The van der Waals surface area contributed by atoms with E-state index in [9.17, 15) is 8.42 Å². The van der Waals surface area contributed by atoms with E-state index in [0.29, 0.717) is 6.42 Å². The maximum atomic E-state index is 11.3. The summed E-state index contributed by atoms with van der Waals surface area (Å²) in [5.74, 6) is 1.28. The zero-order valence-electron chi connectivity index (χ0n) is 9.14. The van der Waals surface area contributed by atoms with Crippen LogP contribution < -0.4 is 10.1 Å². The molecule has 0 amide bonds. The summed E-state index contributed by atoms with van der Waals surface area (Å²) < 4.78 is 27.7. The number of benzene rings is 1. The van der Waals surface area contributed by atoms with Crippen LogP contribution in [0, 0.1) is 0 Å². The van der Waals surface area contributed by atoms with Crippen LogP contribution in [0.15, 0.2) is 24.3 Å². The summed E-state index contributed by atoms with van der Waals surface area (Å²) in [6, 6.07) is 7.54. The second-order valence-corrected chi connectivity index (χ2v) is 6.20. The van der Waals surface area contributed by atoms with E-state index in [4.69, 9.17) is 4.74 Å². The number of methoxy groups -OCH3 is 1. The van der Waals surface area contributed by atoms with Gasteiger partial charge >= 0.3 is 0 Å². The summed E-state index contributed by atoms with van der Waals surface area (Å²) in [6.45, 7) is 0. The maximum absolute atomic E-state index is 11.3. The first-order valence-corrected chi connectivity index (χ1v) is 7.02. The standard InChI is InChI=1S/C11H15NO3S/c1-15-11-4-2-3-9(7-11)12-10-5-6-16(13,14)8-10/h2-4,7,10,12H,5-6,8H2,1H3/t10-/m1/s1. The van der Waals surface area contributed by atoms with Crippen LogP contribution >= 0.6 is 0 Å². The molecule has 1 fully saturated rings. The molecule has 88 valence electrons. The predicted molar refractivity (Wildman–Crippen MR) is 63.7 cm³/mol. The van der Waals surface area contributed by atoms with Crippen molar-refractivity contribution in [1.82, 2.24) is 0 Å². The molecule has 1 aliphatic rings. The molecule has 1 atom stereocenters. The lowest BCUT2D eigenvalue weighted by Gasteiger charge is -2.12. The molecule has 0 radical (unpaired) electrons. The summed E-state index contributed by atoms with van der Waals surface area (Å²) in [5.41, 5.74) is 0.904. The van der Waals surface area contributed by atoms with Crippen LogP contribution in [0.3, 0.4) is 0 Å². The summed E-state index contributed by atoms with van der Waals surface area (Å²) >= 11 is 0. The minimum atomic E-state index is -2.83. The molecule has 4 nitrogen and oxygen atoms in total. The highest BCUT2D eigenvalue weighted by Crippen LogP contribution is 2.21. The third-order valence-corrected chi connectivity index (χ3v) is 4.44. The minimum absolute atomic E-state index is 0.0251. The van der Waals surface area contributed by atoms with Crippen LogP contribution in [0.25, 0.3) is 0 Å². The van der Waals surface area contributed by atoms with E-state index in [0.717, 1.165) is 11.4 Å². The fourth-order valence-electron chi connectivity index (χ4n) is 1.86. The smallest absolute Gasteiger partial charge is 0.152 e. The van der Waals surface area contributed by atoms with E-state index in [2.05, 4.69) is 5.32 Å². The van der Waals surface area contributed by atoms with Gasteiger partial charge in [-0.2, -0.15) is 0 Å². The molecule has 1 aromatic carbocycles. The van der Waals surface area contributed by atoms with Gasteiger partial charge < -0.3 is 10.1 Å². The Hall–Kier alpha value is -1.23. The van der Waals surface area contributed by atoms with Gasteiger partial charge in [0.1, 0.15) is 5.75 Å². The molecule has 1 aliphatic heterocycles. The Labute approximate surface area is 95.5 Å². The number of rotatable bonds is 3. The van der Waals surface area contributed by atoms with Crippen LogP contribution in [-0.4, -0.2) is 33.1 Å². The summed E-state index contributed by atoms with van der Waals surface area (Å²) in [5, 5.41) is 3.21. The van der Waals surface area contributed by atoms with Gasteiger partial charge in [0, 0.05) is 17.8 Å². The molecule has 1 N–H and O–H groups in total. The third-order valence-electron chi connectivity index (χ3n) is 2.67. The van der Waals surface area contributed by atoms with E-state index < -0.39 is 9.84 Å². The Morgan fingerprint density at radius 2 is 2.25 bits per heavy atom. The molecule has 2 rings (SSSR count). The lowest BCUT2D eigenvalue weighted by atomic mass is 10.2. The SMILES string of the molecule is COc1cccc(N[C@@H]2CCS(=O)(=O)C2)c1. The Kier molecular flexibility index (Phi) is 3.05. The molecular formula is C11H15NO3S. The zero-order chi connectivity index (χ0) is 11.6. The van der Waals surface area contributed by atoms with Crippen molar-refractivity contribution in [2.75, 3.05) is 23.9 Å². The third kappa shape index (κ3) is 2.66. The molecule has 5 heteroatoms. The first-order valence-electron chi connectivity index (χ1n) is 5.20. The van der Waals surface area contributed by atoms with Crippen LogP contribution in [0.2, 0.25) is 0 Å². The number of anilines is 1. The van der Waals surface area contributed by atoms with Crippen molar-refractivity contribution in [2.24, 2.45) is 0 Å². The number of nitrogens with one attached hydrogen (secondary N) is 1. The topological polar surface area (TPSA) is 55.4 Å². The first-order chi connectivity index (χ1) is 7.59. The average Bonchev–Trinajstić information content (AvgIpc) is 2.58. The highest BCUT2D eigenvalue weighted by atomic mass is 32.2. The van der Waals surface area contributed by atoms with Gasteiger partial charge in [0.25, 0.3) is 0 Å². The van der Waals surface area contributed by atoms with Gasteiger partial charge in [-0.25, -0.2) is 8.42 Å². The molecule has 0 unspecified atom stereocenters. The van der Waals surface area contributed by atoms with Crippen molar-refractivity contribution >= 4 is 15.5 Å². The van der Waals surface area contributed by atoms with Gasteiger partial charge in [-0.05, 0) is 18.6 Å². The van der Waals surface area contributed by atoms with Crippen molar-refractivity contribution in [3.63, 3.8) is 0 Å². The average molecular weight is 241 g/mol. The van der Waals surface area contributed by atoms with Gasteiger partial charge in [-0.3, -0.25) is 0 Å². The highest BCUT2D eigenvalue weighted by Gasteiger charge is 2.27. The summed E-state index contributed by atoms with van der Waals surface area (Å²) in [4.78, 5) is 0. The van der Waals surface area contributed by atoms with Gasteiger partial charge in [0.2, 0.25) is 0 Å². The molecule has 1 saturated heterocycles.